The van der Waals surface area contributed by atoms with Crippen molar-refractivity contribution in [3.63, 3.8) is 0 Å². The van der Waals surface area contributed by atoms with Crippen molar-refractivity contribution in [1.82, 2.24) is 15.2 Å². The zero-order valence-electron chi connectivity index (χ0n) is 13.5. The van der Waals surface area contributed by atoms with Crippen molar-refractivity contribution < 1.29 is 9.21 Å². The average Bonchev–Trinajstić information content (AvgIpc) is 3.22. The number of aryl methyl sites for hydroxylation is 2. The normalized spacial score (nSPS) is 10.8. The lowest BCUT2D eigenvalue weighted by Gasteiger charge is -2.07. The van der Waals surface area contributed by atoms with E-state index < -0.39 is 0 Å². The number of anilines is 1. The highest BCUT2D eigenvalue weighted by molar-refractivity contribution is 7.98. The van der Waals surface area contributed by atoms with Gasteiger partial charge in [-0.3, -0.25) is 4.79 Å². The van der Waals surface area contributed by atoms with Gasteiger partial charge in [-0.05, 0) is 31.4 Å². The third-order valence-electron chi connectivity index (χ3n) is 3.36. The number of carbonyl (C=O) groups is 1. The number of nitrogens with one attached hydrogen (secondary N) is 1. The first-order valence-electron chi connectivity index (χ1n) is 7.36. The van der Waals surface area contributed by atoms with Gasteiger partial charge < -0.3 is 9.73 Å². The SMILES string of the molecule is CCc1nnc(-c2cc(NC(=O)c3cccnc3SC)c(C)s2)o1. The molecular weight excluding hydrogens is 344 g/mol. The molecule has 0 aliphatic carbocycles. The molecule has 24 heavy (non-hydrogen) atoms. The van der Waals surface area contributed by atoms with E-state index in [9.17, 15) is 4.79 Å². The maximum atomic E-state index is 12.5. The van der Waals surface area contributed by atoms with Crippen LogP contribution in [0.1, 0.15) is 28.0 Å². The molecule has 6 nitrogen and oxygen atoms in total. The van der Waals surface area contributed by atoms with Gasteiger partial charge in [0.1, 0.15) is 5.03 Å². The second-order valence-electron chi connectivity index (χ2n) is 4.95. The van der Waals surface area contributed by atoms with Crippen molar-refractivity contribution in [3.8, 4) is 10.8 Å². The molecule has 1 N–H and O–H groups in total. The van der Waals surface area contributed by atoms with E-state index in [1.54, 1.807) is 18.3 Å². The number of pyridine rings is 1. The van der Waals surface area contributed by atoms with Gasteiger partial charge in [0.2, 0.25) is 5.89 Å². The molecule has 3 aromatic heterocycles. The van der Waals surface area contributed by atoms with E-state index in [4.69, 9.17) is 4.42 Å². The number of hydrogen-bond acceptors (Lipinski definition) is 7. The summed E-state index contributed by atoms with van der Waals surface area (Å²) in [6, 6.07) is 5.38. The molecule has 1 amide bonds. The third kappa shape index (κ3) is 3.34. The first-order valence-corrected chi connectivity index (χ1v) is 9.40. The largest absolute Gasteiger partial charge is 0.420 e. The van der Waals surface area contributed by atoms with Crippen LogP contribution in [-0.2, 0) is 6.42 Å². The van der Waals surface area contributed by atoms with Gasteiger partial charge in [-0.15, -0.1) is 33.3 Å². The van der Waals surface area contributed by atoms with Gasteiger partial charge in [-0.25, -0.2) is 4.98 Å². The lowest BCUT2D eigenvalue weighted by atomic mass is 10.2. The third-order valence-corrected chi connectivity index (χ3v) is 5.11. The number of nitrogens with zero attached hydrogens (tertiary/aromatic N) is 3. The molecule has 0 saturated heterocycles. The van der Waals surface area contributed by atoms with E-state index in [1.165, 1.54) is 23.1 Å². The zero-order valence-corrected chi connectivity index (χ0v) is 15.1. The van der Waals surface area contributed by atoms with Gasteiger partial charge in [0.05, 0.1) is 16.1 Å². The summed E-state index contributed by atoms with van der Waals surface area (Å²) in [6.07, 6.45) is 4.27. The Morgan fingerprint density at radius 3 is 2.96 bits per heavy atom. The molecule has 3 aromatic rings. The van der Waals surface area contributed by atoms with E-state index in [-0.39, 0.29) is 5.91 Å². The molecule has 124 valence electrons. The summed E-state index contributed by atoms with van der Waals surface area (Å²) in [4.78, 5) is 18.6. The second kappa shape index (κ2) is 7.14. The first-order chi connectivity index (χ1) is 11.6. The Bertz CT molecular complexity index is 873. The van der Waals surface area contributed by atoms with Gasteiger partial charge in [0, 0.05) is 17.5 Å². The fraction of sp³-hybridized carbons (Fsp3) is 0.250. The monoisotopic (exact) mass is 360 g/mol. The smallest absolute Gasteiger partial charge is 0.258 e. The quantitative estimate of drug-likeness (QED) is 0.692. The highest BCUT2D eigenvalue weighted by Gasteiger charge is 2.17. The number of thiophene rings is 1. The number of carbonyl (C=O) groups excluding carboxylic acids is 1. The molecular formula is C16H16N4O2S2. The van der Waals surface area contributed by atoms with Crippen molar-refractivity contribution in [2.45, 2.75) is 25.3 Å². The molecule has 0 unspecified atom stereocenters. The fourth-order valence-electron chi connectivity index (χ4n) is 2.12. The lowest BCUT2D eigenvalue weighted by molar-refractivity contribution is 0.102. The molecule has 0 aliphatic rings. The molecule has 0 aliphatic heterocycles. The minimum Gasteiger partial charge on any atom is -0.420 e. The van der Waals surface area contributed by atoms with Gasteiger partial charge in [0.15, 0.2) is 0 Å². The summed E-state index contributed by atoms with van der Waals surface area (Å²) in [5.41, 5.74) is 1.30. The summed E-state index contributed by atoms with van der Waals surface area (Å²) in [5.74, 6) is 0.896. The first kappa shape index (κ1) is 16.7. The van der Waals surface area contributed by atoms with Gasteiger partial charge in [-0.2, -0.15) is 0 Å². The van der Waals surface area contributed by atoms with Crippen LogP contribution in [0.5, 0.6) is 0 Å². The molecule has 3 rings (SSSR count). The van der Waals surface area contributed by atoms with Crippen molar-refractivity contribution in [3.05, 3.63) is 40.7 Å². The zero-order chi connectivity index (χ0) is 17.1. The van der Waals surface area contributed by atoms with Crippen LogP contribution in [-0.4, -0.2) is 27.3 Å². The Kier molecular flexibility index (Phi) is 4.96. The van der Waals surface area contributed by atoms with Gasteiger partial charge >= 0.3 is 0 Å². The highest BCUT2D eigenvalue weighted by Crippen LogP contribution is 2.34. The van der Waals surface area contributed by atoms with E-state index in [2.05, 4.69) is 20.5 Å². The highest BCUT2D eigenvalue weighted by atomic mass is 32.2. The topological polar surface area (TPSA) is 80.9 Å². The minimum absolute atomic E-state index is 0.181. The van der Waals surface area contributed by atoms with Gasteiger partial charge in [0.25, 0.3) is 11.8 Å². The summed E-state index contributed by atoms with van der Waals surface area (Å²) < 4.78 is 5.58. The van der Waals surface area contributed by atoms with Crippen LogP contribution in [0.25, 0.3) is 10.8 Å². The average molecular weight is 360 g/mol. The molecule has 0 bridgehead atoms. The summed E-state index contributed by atoms with van der Waals surface area (Å²) in [7, 11) is 0. The molecule has 8 heteroatoms. The number of amides is 1. The standard InChI is InChI=1S/C16H16N4O2S2/c1-4-13-19-20-15(22-13)12-8-11(9(2)24-12)18-14(21)10-6-5-7-17-16(10)23-3/h5-8H,4H2,1-3H3,(H,18,21). The van der Waals surface area contributed by atoms with E-state index in [0.29, 0.717) is 28.8 Å². The molecule has 0 aromatic carbocycles. The van der Waals surface area contributed by atoms with E-state index in [1.807, 2.05) is 26.2 Å². The Morgan fingerprint density at radius 2 is 2.25 bits per heavy atom. The van der Waals surface area contributed by atoms with Crippen molar-refractivity contribution in [2.75, 3.05) is 11.6 Å². The molecule has 0 fully saturated rings. The maximum Gasteiger partial charge on any atom is 0.258 e. The molecule has 0 atom stereocenters. The minimum atomic E-state index is -0.181. The van der Waals surface area contributed by atoms with Crippen molar-refractivity contribution in [2.24, 2.45) is 0 Å². The summed E-state index contributed by atoms with van der Waals surface area (Å²) >= 11 is 2.95. The van der Waals surface area contributed by atoms with Crippen molar-refractivity contribution in [1.29, 1.82) is 0 Å². The number of rotatable bonds is 5. The molecule has 3 heterocycles. The summed E-state index contributed by atoms with van der Waals surface area (Å²) in [6.45, 7) is 3.90. The van der Waals surface area contributed by atoms with Crippen LogP contribution < -0.4 is 5.32 Å². The summed E-state index contributed by atoms with van der Waals surface area (Å²) in [5, 5.41) is 11.7. The van der Waals surface area contributed by atoms with E-state index >= 15 is 0 Å². The number of aromatic nitrogens is 3. The Balaban J connectivity index is 1.84. The Morgan fingerprint density at radius 1 is 1.42 bits per heavy atom. The predicted octanol–water partition coefficient (Wildman–Crippen LogP) is 4.04. The molecule has 0 radical (unpaired) electrons. The Labute approximate surface area is 147 Å². The Hall–Kier alpha value is -2.19. The van der Waals surface area contributed by atoms with Crippen LogP contribution in [0, 0.1) is 6.92 Å². The van der Waals surface area contributed by atoms with Gasteiger partial charge in [-0.1, -0.05) is 6.92 Å². The number of hydrogen-bond donors (Lipinski definition) is 1. The van der Waals surface area contributed by atoms with Crippen LogP contribution in [0.3, 0.4) is 0 Å². The maximum absolute atomic E-state index is 12.5. The van der Waals surface area contributed by atoms with E-state index in [0.717, 1.165) is 15.4 Å². The molecule has 0 spiro atoms. The van der Waals surface area contributed by atoms with Crippen LogP contribution >= 0.6 is 23.1 Å². The van der Waals surface area contributed by atoms with Crippen molar-refractivity contribution >= 4 is 34.7 Å². The van der Waals surface area contributed by atoms with Crippen LogP contribution in [0.2, 0.25) is 0 Å². The van der Waals surface area contributed by atoms with Crippen LogP contribution in [0.15, 0.2) is 33.8 Å². The number of thioether (sulfide) groups is 1. The fourth-order valence-corrected chi connectivity index (χ4v) is 3.57. The second-order valence-corrected chi connectivity index (χ2v) is 7.00. The predicted molar refractivity (Wildman–Crippen MR) is 95.7 cm³/mol. The molecule has 0 saturated carbocycles. The lowest BCUT2D eigenvalue weighted by Crippen LogP contribution is -2.13. The van der Waals surface area contributed by atoms with Crippen LogP contribution in [0.4, 0.5) is 5.69 Å².